The molecule has 1 saturated carbocycles. The zero-order valence-corrected chi connectivity index (χ0v) is 26.9. The number of carboxylic acid groups (broad SMARTS) is 1. The predicted octanol–water partition coefficient (Wildman–Crippen LogP) is 4.22. The Balaban J connectivity index is 1.23. The summed E-state index contributed by atoms with van der Waals surface area (Å²) in [5.41, 5.74) is 0.974. The van der Waals surface area contributed by atoms with Gasteiger partial charge in [-0.3, -0.25) is 19.1 Å². The number of carbonyl (C=O) groups excluding carboxylic acids is 3. The number of hydrogen-bond donors (Lipinski definition) is 5. The van der Waals surface area contributed by atoms with Crippen molar-refractivity contribution in [1.29, 1.82) is 0 Å². The molecule has 50 heavy (non-hydrogen) atoms. The molecule has 5 N–H and O–H groups in total. The van der Waals surface area contributed by atoms with Gasteiger partial charge in [-0.1, -0.05) is 23.7 Å². The van der Waals surface area contributed by atoms with Gasteiger partial charge >= 0.3 is 18.2 Å². The molecule has 2 amide bonds. The summed E-state index contributed by atoms with van der Waals surface area (Å²) in [4.78, 5) is 61.3. The first-order valence-electron chi connectivity index (χ1n) is 14.9. The second-order valence-electron chi connectivity index (χ2n) is 11.3. The number of halogens is 4. The van der Waals surface area contributed by atoms with Gasteiger partial charge in [-0.2, -0.15) is 33.2 Å². The van der Waals surface area contributed by atoms with Crippen molar-refractivity contribution >= 4 is 58.4 Å². The highest BCUT2D eigenvalue weighted by molar-refractivity contribution is 6.40. The number of nitrogens with one attached hydrogen (secondary N) is 4. The Morgan fingerprint density at radius 1 is 1.00 bits per heavy atom. The summed E-state index contributed by atoms with van der Waals surface area (Å²) in [5.74, 6) is -4.23. The van der Waals surface area contributed by atoms with Crippen LogP contribution in [0.25, 0.3) is 0 Å². The molecule has 1 aliphatic carbocycles. The Labute approximate surface area is 286 Å². The number of nitrogens with zero attached hydrogens (tertiary/aromatic N) is 5. The lowest BCUT2D eigenvalue weighted by Gasteiger charge is -2.19. The van der Waals surface area contributed by atoms with Crippen LogP contribution in [0.1, 0.15) is 41.6 Å². The standard InChI is InChI=1S/C31H29ClF3N9O6/c1-44-15-21(14-36-44)37-25(47)23(45)11-10-22(26(48)49)39-24(46)17-2-8-20(9-3-17)38-27-40-28(42-29(41-27)50-16-31(33,34)35)43-30(12-13-30)18-4-6-19(32)7-5-18/h2-9,14-15,22H,10-13,16H2,1H3,(H,37,47)(H,39,46)(H,48,49)(H2,38,40,41,42,43)/t22-/m0/s1. The number of aromatic nitrogens is 5. The van der Waals surface area contributed by atoms with Crippen molar-refractivity contribution in [3.05, 3.63) is 77.1 Å². The molecule has 2 heterocycles. The van der Waals surface area contributed by atoms with Crippen LogP contribution in [0.15, 0.2) is 60.9 Å². The molecule has 1 atom stereocenters. The van der Waals surface area contributed by atoms with E-state index in [4.69, 9.17) is 16.3 Å². The quantitative estimate of drug-likeness (QED) is 0.110. The first-order chi connectivity index (χ1) is 23.7. The third-order valence-corrected chi connectivity index (χ3v) is 7.61. The molecule has 1 aliphatic rings. The van der Waals surface area contributed by atoms with E-state index in [-0.39, 0.29) is 29.6 Å². The summed E-state index contributed by atoms with van der Waals surface area (Å²) >= 11 is 6.01. The van der Waals surface area contributed by atoms with E-state index in [0.717, 1.165) is 5.56 Å². The maximum absolute atomic E-state index is 12.9. The van der Waals surface area contributed by atoms with Gasteiger partial charge in [0.2, 0.25) is 17.7 Å². The highest BCUT2D eigenvalue weighted by Gasteiger charge is 2.45. The van der Waals surface area contributed by atoms with Gasteiger partial charge in [0.15, 0.2) is 6.61 Å². The number of rotatable bonds is 15. The summed E-state index contributed by atoms with van der Waals surface area (Å²) in [6.45, 7) is -1.63. The van der Waals surface area contributed by atoms with Crippen LogP contribution in [0.3, 0.4) is 0 Å². The molecule has 0 unspecified atom stereocenters. The minimum absolute atomic E-state index is 0.0455. The van der Waals surface area contributed by atoms with E-state index in [1.165, 1.54) is 41.3 Å². The van der Waals surface area contributed by atoms with Crippen molar-refractivity contribution in [2.45, 2.75) is 43.4 Å². The van der Waals surface area contributed by atoms with Crippen LogP contribution in [0.4, 0.5) is 36.4 Å². The molecule has 0 radical (unpaired) electrons. The van der Waals surface area contributed by atoms with Gasteiger partial charge in [-0.15, -0.1) is 0 Å². The highest BCUT2D eigenvalue weighted by Crippen LogP contribution is 2.48. The van der Waals surface area contributed by atoms with Gasteiger partial charge in [-0.25, -0.2) is 4.79 Å². The Morgan fingerprint density at radius 3 is 2.28 bits per heavy atom. The summed E-state index contributed by atoms with van der Waals surface area (Å²) in [7, 11) is 1.62. The number of anilines is 4. The number of carboxylic acids is 1. The van der Waals surface area contributed by atoms with E-state index in [0.29, 0.717) is 23.6 Å². The van der Waals surface area contributed by atoms with Crippen LogP contribution < -0.4 is 26.0 Å². The van der Waals surface area contributed by atoms with Crippen molar-refractivity contribution in [3.63, 3.8) is 0 Å². The fourth-order valence-electron chi connectivity index (χ4n) is 4.68. The molecule has 0 bridgehead atoms. The Bertz CT molecular complexity index is 1880. The normalized spacial score (nSPS) is 13.9. The van der Waals surface area contributed by atoms with Gasteiger partial charge in [0, 0.05) is 35.9 Å². The highest BCUT2D eigenvalue weighted by atomic mass is 35.5. The van der Waals surface area contributed by atoms with Crippen molar-refractivity contribution in [1.82, 2.24) is 30.0 Å². The largest absolute Gasteiger partial charge is 0.480 e. The van der Waals surface area contributed by atoms with E-state index in [1.54, 1.807) is 19.2 Å². The molecule has 0 saturated heterocycles. The van der Waals surface area contributed by atoms with E-state index in [1.807, 2.05) is 12.1 Å². The van der Waals surface area contributed by atoms with E-state index < -0.39 is 60.4 Å². The minimum atomic E-state index is -4.64. The number of Topliss-reactive ketones (excluding diaryl/α,β-unsaturated/α-hetero) is 1. The second-order valence-corrected chi connectivity index (χ2v) is 11.7. The molecule has 4 aromatic rings. The number of amides is 2. The topological polar surface area (TPSA) is 202 Å². The van der Waals surface area contributed by atoms with E-state index in [9.17, 15) is 37.5 Å². The maximum atomic E-state index is 12.9. The molecule has 2 aromatic heterocycles. The number of carbonyl (C=O) groups is 4. The van der Waals surface area contributed by atoms with Gasteiger partial charge < -0.3 is 31.1 Å². The number of hydrogen-bond acceptors (Lipinski definition) is 11. The van der Waals surface area contributed by atoms with Gasteiger partial charge in [-0.05, 0) is 61.2 Å². The molecule has 19 heteroatoms. The molecular formula is C31H29ClF3N9O6. The van der Waals surface area contributed by atoms with Crippen molar-refractivity contribution in [3.8, 4) is 6.01 Å². The van der Waals surface area contributed by atoms with Gasteiger partial charge in [0.25, 0.3) is 11.8 Å². The van der Waals surface area contributed by atoms with Crippen molar-refractivity contribution in [2.24, 2.45) is 7.05 Å². The maximum Gasteiger partial charge on any atom is 0.422 e. The first-order valence-corrected chi connectivity index (χ1v) is 15.3. The van der Waals surface area contributed by atoms with Crippen LogP contribution >= 0.6 is 11.6 Å². The molecule has 262 valence electrons. The lowest BCUT2D eigenvalue weighted by atomic mass is 10.1. The SMILES string of the molecule is Cn1cc(NC(=O)C(=O)CC[C@H](NC(=O)c2ccc(Nc3nc(NC4(c5ccc(Cl)cc5)CC4)nc(OCC(F)(F)F)n3)cc2)C(=O)O)cn1. The van der Waals surface area contributed by atoms with Crippen LogP contribution in [-0.2, 0) is 27.0 Å². The summed E-state index contributed by atoms with van der Waals surface area (Å²) in [6.07, 6.45) is -1.24. The molecule has 0 aliphatic heterocycles. The fourth-order valence-corrected chi connectivity index (χ4v) is 4.81. The van der Waals surface area contributed by atoms with Crippen LogP contribution in [0.5, 0.6) is 6.01 Å². The molecular weight excluding hydrogens is 687 g/mol. The van der Waals surface area contributed by atoms with Crippen LogP contribution in [0.2, 0.25) is 5.02 Å². The van der Waals surface area contributed by atoms with Gasteiger partial charge in [0.05, 0.1) is 17.4 Å². The number of alkyl halides is 3. The Hall–Kier alpha value is -5.78. The first kappa shape index (κ1) is 35.5. The summed E-state index contributed by atoms with van der Waals surface area (Å²) in [6, 6.07) is 10.6. The third kappa shape index (κ3) is 9.65. The number of ketones is 1. The number of benzene rings is 2. The number of aryl methyl sites for hydroxylation is 1. The fraction of sp³-hybridized carbons (Fsp3) is 0.290. The number of aliphatic carboxylic acids is 1. The van der Waals surface area contributed by atoms with E-state index >= 15 is 0 Å². The summed E-state index contributed by atoms with van der Waals surface area (Å²) in [5, 5.41) is 24.7. The average Bonchev–Trinajstić information content (AvgIpc) is 3.72. The monoisotopic (exact) mass is 715 g/mol. The van der Waals surface area contributed by atoms with Crippen molar-refractivity contribution < 1.29 is 42.2 Å². The lowest BCUT2D eigenvalue weighted by Crippen LogP contribution is -2.41. The smallest absolute Gasteiger partial charge is 0.422 e. The molecule has 15 nitrogen and oxygen atoms in total. The Kier molecular flexibility index (Phi) is 10.5. The molecule has 5 rings (SSSR count). The summed E-state index contributed by atoms with van der Waals surface area (Å²) < 4.78 is 44.9. The second kappa shape index (κ2) is 14.8. The van der Waals surface area contributed by atoms with Gasteiger partial charge in [0.1, 0.15) is 6.04 Å². The lowest BCUT2D eigenvalue weighted by molar-refractivity contribution is -0.154. The number of ether oxygens (including phenoxy) is 1. The zero-order chi connectivity index (χ0) is 36.1. The van der Waals surface area contributed by atoms with E-state index in [2.05, 4.69) is 41.3 Å². The zero-order valence-electron chi connectivity index (χ0n) is 26.1. The minimum Gasteiger partial charge on any atom is -0.480 e. The van der Waals surface area contributed by atoms with Crippen molar-refractivity contribution in [2.75, 3.05) is 22.6 Å². The average molecular weight is 716 g/mol. The third-order valence-electron chi connectivity index (χ3n) is 7.36. The molecule has 2 aromatic carbocycles. The van der Waals surface area contributed by atoms with Crippen LogP contribution in [0, 0.1) is 0 Å². The molecule has 0 spiro atoms. The predicted molar refractivity (Wildman–Crippen MR) is 172 cm³/mol. The Morgan fingerprint density at radius 2 is 1.68 bits per heavy atom. The molecule has 1 fully saturated rings. The van der Waals surface area contributed by atoms with Crippen LogP contribution in [-0.4, -0.2) is 72.2 Å².